The summed E-state index contributed by atoms with van der Waals surface area (Å²) >= 11 is 0. The molecule has 2 fully saturated rings. The summed E-state index contributed by atoms with van der Waals surface area (Å²) in [6.45, 7) is 0.372. The smallest absolute Gasteiger partial charge is 0.167 e. The van der Waals surface area contributed by atoms with E-state index >= 15 is 0 Å². The Labute approximate surface area is 210 Å². The molecule has 6 nitrogen and oxygen atoms in total. The molecule has 2 saturated carbocycles. The zero-order valence-electron chi connectivity index (χ0n) is 20.3. The summed E-state index contributed by atoms with van der Waals surface area (Å²) in [6.07, 6.45) is 3.52. The number of benzene rings is 3. The van der Waals surface area contributed by atoms with Crippen LogP contribution in [-0.2, 0) is 12.3 Å². The molecular formula is C30H29N3O3. The fourth-order valence-corrected chi connectivity index (χ4v) is 6.06. The number of ether oxygens (including phenoxy) is 2. The van der Waals surface area contributed by atoms with Crippen molar-refractivity contribution in [1.82, 2.24) is 9.55 Å². The van der Waals surface area contributed by atoms with Crippen molar-refractivity contribution in [3.05, 3.63) is 78.4 Å². The van der Waals surface area contributed by atoms with E-state index in [2.05, 4.69) is 41.0 Å². The van der Waals surface area contributed by atoms with Crippen molar-refractivity contribution in [2.75, 3.05) is 7.11 Å². The van der Waals surface area contributed by atoms with Gasteiger partial charge in [-0.1, -0.05) is 54.6 Å². The number of hydrogen-bond donors (Lipinski definition) is 2. The number of aromatic nitrogens is 2. The van der Waals surface area contributed by atoms with E-state index in [1.165, 1.54) is 0 Å². The molecule has 182 valence electrons. The Morgan fingerprint density at radius 3 is 2.44 bits per heavy atom. The molecule has 0 saturated heterocycles. The first-order valence-electron chi connectivity index (χ1n) is 12.6. The van der Waals surface area contributed by atoms with Gasteiger partial charge in [-0.2, -0.15) is 0 Å². The molecular weight excluding hydrogens is 450 g/mol. The molecule has 0 atom stereocenters. The summed E-state index contributed by atoms with van der Waals surface area (Å²) in [6, 6.07) is 24.6. The van der Waals surface area contributed by atoms with Crippen LogP contribution in [0.5, 0.6) is 11.5 Å². The van der Waals surface area contributed by atoms with Crippen LogP contribution >= 0.6 is 0 Å². The minimum atomic E-state index is -0.576. The molecule has 0 spiro atoms. The summed E-state index contributed by atoms with van der Waals surface area (Å²) in [7, 11) is 1.66. The van der Waals surface area contributed by atoms with Gasteiger partial charge in [0.05, 0.1) is 29.7 Å². The van der Waals surface area contributed by atoms with Gasteiger partial charge in [-0.15, -0.1) is 0 Å². The molecule has 2 aliphatic carbocycles. The van der Waals surface area contributed by atoms with Crippen molar-refractivity contribution in [2.45, 2.75) is 43.6 Å². The Hall–Kier alpha value is -3.61. The lowest BCUT2D eigenvalue weighted by atomic mass is 9.60. The number of methoxy groups -OCH3 is 1. The van der Waals surface area contributed by atoms with Crippen molar-refractivity contribution >= 4 is 0 Å². The van der Waals surface area contributed by atoms with Crippen LogP contribution in [0.4, 0.5) is 0 Å². The molecule has 3 N–H and O–H groups in total. The molecule has 3 aromatic carbocycles. The summed E-state index contributed by atoms with van der Waals surface area (Å²) in [5.41, 5.74) is 11.7. The van der Waals surface area contributed by atoms with E-state index in [0.717, 1.165) is 63.8 Å². The fourth-order valence-electron chi connectivity index (χ4n) is 6.06. The minimum absolute atomic E-state index is 0.372. The van der Waals surface area contributed by atoms with Crippen LogP contribution in [0.1, 0.15) is 31.2 Å². The van der Waals surface area contributed by atoms with Crippen LogP contribution in [0.15, 0.2) is 72.8 Å². The van der Waals surface area contributed by atoms with Crippen molar-refractivity contribution in [3.8, 4) is 45.4 Å². The first-order valence-corrected chi connectivity index (χ1v) is 12.6. The van der Waals surface area contributed by atoms with E-state index in [1.54, 1.807) is 7.11 Å². The number of aliphatic hydroxyl groups is 1. The topological polar surface area (TPSA) is 82.5 Å². The van der Waals surface area contributed by atoms with Crippen LogP contribution in [0.25, 0.3) is 33.9 Å². The van der Waals surface area contributed by atoms with E-state index in [4.69, 9.17) is 20.2 Å². The average Bonchev–Trinajstić information content (AvgIpc) is 3.68. The number of imidazole rings is 1. The quantitative estimate of drug-likeness (QED) is 0.404. The SMILES string of the molecule is COc1ccc2c(c1)OCn1c-2nc(-c2ccc([C@]3(N)C[C@@](O)(C4CC4)C3)cc2)c1-c1ccccc1. The third kappa shape index (κ3) is 3.29. The zero-order valence-corrected chi connectivity index (χ0v) is 20.3. The van der Waals surface area contributed by atoms with Gasteiger partial charge in [-0.25, -0.2) is 4.98 Å². The van der Waals surface area contributed by atoms with E-state index in [0.29, 0.717) is 25.5 Å². The Morgan fingerprint density at radius 1 is 1.00 bits per heavy atom. The van der Waals surface area contributed by atoms with Crippen molar-refractivity contribution in [3.63, 3.8) is 0 Å². The molecule has 36 heavy (non-hydrogen) atoms. The molecule has 1 aliphatic heterocycles. The third-order valence-electron chi connectivity index (χ3n) is 8.11. The Bertz CT molecular complexity index is 1450. The maximum absolute atomic E-state index is 10.8. The Morgan fingerprint density at radius 2 is 1.75 bits per heavy atom. The molecule has 0 unspecified atom stereocenters. The summed E-state index contributed by atoms with van der Waals surface area (Å²) in [5.74, 6) is 2.84. The molecule has 6 heteroatoms. The van der Waals surface area contributed by atoms with Gasteiger partial charge in [0.2, 0.25) is 0 Å². The third-order valence-corrected chi connectivity index (χ3v) is 8.11. The maximum Gasteiger partial charge on any atom is 0.167 e. The lowest BCUT2D eigenvalue weighted by molar-refractivity contribution is -0.106. The molecule has 1 aromatic heterocycles. The molecule has 2 heterocycles. The average molecular weight is 480 g/mol. The number of nitrogens with zero attached hydrogens (tertiary/aromatic N) is 2. The minimum Gasteiger partial charge on any atom is -0.497 e. The molecule has 7 rings (SSSR count). The first kappa shape index (κ1) is 21.7. The standard InChI is InChI=1S/C30H29N3O3/c1-35-23-13-14-24-25(15-23)36-18-33-27(20-5-3-2-4-6-20)26(32-28(24)33)19-7-9-21(10-8-19)29(31)16-30(34,17-29)22-11-12-22/h2-10,13-15,22,34H,11-12,16-18,31H2,1H3/t29-,30-. The van der Waals surface area contributed by atoms with Crippen LogP contribution in [-0.4, -0.2) is 27.4 Å². The van der Waals surface area contributed by atoms with Crippen molar-refractivity contribution in [1.29, 1.82) is 0 Å². The lowest BCUT2D eigenvalue weighted by Gasteiger charge is -2.52. The predicted octanol–water partition coefficient (Wildman–Crippen LogP) is 5.33. The number of fused-ring (bicyclic) bond motifs is 3. The zero-order chi connectivity index (χ0) is 24.5. The first-order chi connectivity index (χ1) is 17.5. The second-order valence-electron chi connectivity index (χ2n) is 10.5. The molecule has 3 aliphatic rings. The molecule has 0 radical (unpaired) electrons. The van der Waals surface area contributed by atoms with E-state index in [9.17, 15) is 5.11 Å². The van der Waals surface area contributed by atoms with Gasteiger partial charge < -0.3 is 20.3 Å². The largest absolute Gasteiger partial charge is 0.497 e. The van der Waals surface area contributed by atoms with E-state index in [-0.39, 0.29) is 0 Å². The van der Waals surface area contributed by atoms with Gasteiger partial charge in [0, 0.05) is 22.7 Å². The molecule has 4 aromatic rings. The molecule has 0 bridgehead atoms. The number of nitrogens with two attached hydrogens (primary N) is 1. The van der Waals surface area contributed by atoms with Crippen LogP contribution in [0, 0.1) is 5.92 Å². The second-order valence-corrected chi connectivity index (χ2v) is 10.5. The second kappa shape index (κ2) is 7.69. The van der Waals surface area contributed by atoms with E-state index < -0.39 is 11.1 Å². The van der Waals surface area contributed by atoms with Crippen LogP contribution in [0.2, 0.25) is 0 Å². The Balaban J connectivity index is 1.30. The van der Waals surface area contributed by atoms with Crippen LogP contribution in [0.3, 0.4) is 0 Å². The highest BCUT2D eigenvalue weighted by Gasteiger charge is 2.58. The lowest BCUT2D eigenvalue weighted by Crippen LogP contribution is -2.60. The maximum atomic E-state index is 10.8. The van der Waals surface area contributed by atoms with Crippen molar-refractivity contribution in [2.24, 2.45) is 11.7 Å². The molecule has 0 amide bonds. The van der Waals surface area contributed by atoms with Gasteiger partial charge >= 0.3 is 0 Å². The summed E-state index contributed by atoms with van der Waals surface area (Å²) in [4.78, 5) is 5.15. The van der Waals surface area contributed by atoms with Crippen molar-refractivity contribution < 1.29 is 14.6 Å². The highest BCUT2D eigenvalue weighted by atomic mass is 16.5. The van der Waals surface area contributed by atoms with Gasteiger partial charge in [-0.05, 0) is 49.3 Å². The highest BCUT2D eigenvalue weighted by Crippen LogP contribution is 2.57. The van der Waals surface area contributed by atoms with E-state index in [1.807, 2.05) is 36.4 Å². The Kier molecular flexibility index (Phi) is 4.63. The number of rotatable bonds is 5. The highest BCUT2D eigenvalue weighted by molar-refractivity contribution is 5.83. The number of hydrogen-bond acceptors (Lipinski definition) is 5. The summed E-state index contributed by atoms with van der Waals surface area (Å²) < 4.78 is 13.7. The fraction of sp³-hybridized carbons (Fsp3) is 0.300. The van der Waals surface area contributed by atoms with Gasteiger partial charge in [0.1, 0.15) is 17.3 Å². The predicted molar refractivity (Wildman–Crippen MR) is 138 cm³/mol. The monoisotopic (exact) mass is 479 g/mol. The summed E-state index contributed by atoms with van der Waals surface area (Å²) in [5, 5.41) is 10.8. The normalized spacial score (nSPS) is 24.3. The van der Waals surface area contributed by atoms with Gasteiger partial charge in [0.25, 0.3) is 0 Å². The van der Waals surface area contributed by atoms with Gasteiger partial charge in [-0.3, -0.25) is 4.57 Å². The van der Waals surface area contributed by atoms with Gasteiger partial charge in [0.15, 0.2) is 6.73 Å². The van der Waals surface area contributed by atoms with Crippen LogP contribution < -0.4 is 15.2 Å².